The molecule has 2 aromatic rings. The molecule has 0 bridgehead atoms. The first-order valence-corrected chi connectivity index (χ1v) is 9.99. The second-order valence-corrected chi connectivity index (χ2v) is 7.81. The normalized spacial score (nSPS) is 17.0. The first-order chi connectivity index (χ1) is 13.5. The van der Waals surface area contributed by atoms with E-state index in [0.29, 0.717) is 24.8 Å². The summed E-state index contributed by atoms with van der Waals surface area (Å²) in [5.74, 6) is 1.83. The number of ether oxygens (including phenoxy) is 1. The average molecular weight is 383 g/mol. The van der Waals surface area contributed by atoms with Crippen LogP contribution in [0.2, 0.25) is 0 Å². The van der Waals surface area contributed by atoms with Crippen molar-refractivity contribution in [3.8, 4) is 5.75 Å². The van der Waals surface area contributed by atoms with Crippen LogP contribution in [0.5, 0.6) is 5.75 Å². The first-order valence-electron chi connectivity index (χ1n) is 9.99. The number of H-pyrrole nitrogens is 1. The molecule has 0 radical (unpaired) electrons. The van der Waals surface area contributed by atoms with Gasteiger partial charge in [0.25, 0.3) is 11.5 Å². The predicted molar refractivity (Wildman–Crippen MR) is 109 cm³/mol. The van der Waals surface area contributed by atoms with E-state index >= 15 is 0 Å². The lowest BCUT2D eigenvalue weighted by Crippen LogP contribution is -2.42. The summed E-state index contributed by atoms with van der Waals surface area (Å²) >= 11 is 0. The SMILES string of the molecule is COc1ccc(CC[C@@H]2CCCN(C(=O)c3cnc(C(C)C)[nH]c3=O)C2)cc1. The monoisotopic (exact) mass is 383 g/mol. The number of aromatic amines is 1. The summed E-state index contributed by atoms with van der Waals surface area (Å²) in [6.45, 7) is 5.30. The second kappa shape index (κ2) is 9.04. The molecule has 1 fully saturated rings. The van der Waals surface area contributed by atoms with Crippen molar-refractivity contribution < 1.29 is 9.53 Å². The highest BCUT2D eigenvalue weighted by Gasteiger charge is 2.26. The highest BCUT2D eigenvalue weighted by molar-refractivity contribution is 5.93. The fraction of sp³-hybridized carbons (Fsp3) is 0.500. The first kappa shape index (κ1) is 20.1. The van der Waals surface area contributed by atoms with Gasteiger partial charge in [0.05, 0.1) is 7.11 Å². The van der Waals surface area contributed by atoms with Crippen molar-refractivity contribution in [1.29, 1.82) is 0 Å². The molecule has 0 unspecified atom stereocenters. The Morgan fingerprint density at radius 3 is 2.71 bits per heavy atom. The third-order valence-electron chi connectivity index (χ3n) is 5.40. The molecule has 0 aliphatic carbocycles. The minimum Gasteiger partial charge on any atom is -0.497 e. The molecule has 6 nitrogen and oxygen atoms in total. The number of aryl methyl sites for hydroxylation is 1. The molecular weight excluding hydrogens is 354 g/mol. The van der Waals surface area contributed by atoms with Crippen molar-refractivity contribution in [1.82, 2.24) is 14.9 Å². The van der Waals surface area contributed by atoms with Gasteiger partial charge in [-0.15, -0.1) is 0 Å². The Hall–Kier alpha value is -2.63. The number of carbonyl (C=O) groups excluding carboxylic acids is 1. The summed E-state index contributed by atoms with van der Waals surface area (Å²) in [5.41, 5.74) is 1.07. The van der Waals surface area contributed by atoms with Gasteiger partial charge in [-0.3, -0.25) is 9.59 Å². The van der Waals surface area contributed by atoms with Crippen LogP contribution in [0.1, 0.15) is 60.8 Å². The Morgan fingerprint density at radius 2 is 2.07 bits per heavy atom. The molecule has 6 heteroatoms. The van der Waals surface area contributed by atoms with Crippen molar-refractivity contribution >= 4 is 5.91 Å². The van der Waals surface area contributed by atoms with Gasteiger partial charge in [0.1, 0.15) is 17.1 Å². The molecule has 1 N–H and O–H groups in total. The van der Waals surface area contributed by atoms with Gasteiger partial charge in [-0.05, 0) is 49.3 Å². The summed E-state index contributed by atoms with van der Waals surface area (Å²) in [5, 5.41) is 0. The highest BCUT2D eigenvalue weighted by Crippen LogP contribution is 2.23. The zero-order chi connectivity index (χ0) is 20.1. The van der Waals surface area contributed by atoms with Gasteiger partial charge in [-0.1, -0.05) is 26.0 Å². The van der Waals surface area contributed by atoms with E-state index in [4.69, 9.17) is 4.74 Å². The van der Waals surface area contributed by atoms with Crippen LogP contribution in [0.25, 0.3) is 0 Å². The number of hydrogen-bond acceptors (Lipinski definition) is 4. The quantitative estimate of drug-likeness (QED) is 0.830. The van der Waals surface area contributed by atoms with Crippen molar-refractivity contribution in [2.45, 2.75) is 45.4 Å². The maximum Gasteiger partial charge on any atom is 0.263 e. The van der Waals surface area contributed by atoms with E-state index < -0.39 is 0 Å². The lowest BCUT2D eigenvalue weighted by Gasteiger charge is -2.32. The number of hydrogen-bond donors (Lipinski definition) is 1. The summed E-state index contributed by atoms with van der Waals surface area (Å²) in [7, 11) is 1.67. The van der Waals surface area contributed by atoms with Gasteiger partial charge in [0.15, 0.2) is 0 Å². The van der Waals surface area contributed by atoms with Crippen molar-refractivity contribution in [2.24, 2.45) is 5.92 Å². The molecule has 1 aliphatic heterocycles. The van der Waals surface area contributed by atoms with Crippen LogP contribution in [0.3, 0.4) is 0 Å². The number of nitrogens with zero attached hydrogens (tertiary/aromatic N) is 2. The highest BCUT2D eigenvalue weighted by atomic mass is 16.5. The van der Waals surface area contributed by atoms with Crippen molar-refractivity contribution in [2.75, 3.05) is 20.2 Å². The molecular formula is C22H29N3O3. The number of amides is 1. The molecule has 1 saturated heterocycles. The molecule has 2 heterocycles. The fourth-order valence-corrected chi connectivity index (χ4v) is 3.67. The molecule has 1 atom stereocenters. The van der Waals surface area contributed by atoms with Gasteiger partial charge < -0.3 is 14.6 Å². The largest absolute Gasteiger partial charge is 0.497 e. The third-order valence-corrected chi connectivity index (χ3v) is 5.40. The standard InChI is InChI=1S/C22H29N3O3/c1-15(2)20-23-13-19(21(26)24-20)22(27)25-12-4-5-17(14-25)7-6-16-8-10-18(28-3)11-9-16/h8-11,13,15,17H,4-7,12,14H2,1-3H3,(H,23,24,26)/t17-/m0/s1. The molecule has 0 spiro atoms. The van der Waals surface area contributed by atoms with Gasteiger partial charge in [-0.2, -0.15) is 0 Å². The van der Waals surface area contributed by atoms with E-state index in [1.807, 2.05) is 30.9 Å². The van der Waals surface area contributed by atoms with E-state index in [-0.39, 0.29) is 22.9 Å². The lowest BCUT2D eigenvalue weighted by atomic mass is 9.91. The van der Waals surface area contributed by atoms with Crippen LogP contribution in [-0.2, 0) is 6.42 Å². The number of aromatic nitrogens is 2. The van der Waals surface area contributed by atoms with Crippen LogP contribution >= 0.6 is 0 Å². The summed E-state index contributed by atoms with van der Waals surface area (Å²) in [6.07, 6.45) is 5.51. The lowest BCUT2D eigenvalue weighted by molar-refractivity contribution is 0.0666. The summed E-state index contributed by atoms with van der Waals surface area (Å²) < 4.78 is 5.20. The van der Waals surface area contributed by atoms with E-state index in [2.05, 4.69) is 22.1 Å². The second-order valence-electron chi connectivity index (χ2n) is 7.81. The molecule has 150 valence electrons. The predicted octanol–water partition coefficient (Wildman–Crippen LogP) is 3.39. The molecule has 1 aliphatic rings. The Bertz CT molecular complexity index is 858. The van der Waals surface area contributed by atoms with E-state index in [1.54, 1.807) is 7.11 Å². The fourth-order valence-electron chi connectivity index (χ4n) is 3.67. The Morgan fingerprint density at radius 1 is 1.32 bits per heavy atom. The molecule has 1 aromatic heterocycles. The van der Waals surface area contributed by atoms with Gasteiger partial charge >= 0.3 is 0 Å². The smallest absolute Gasteiger partial charge is 0.263 e. The minimum atomic E-state index is -0.343. The van der Waals surface area contributed by atoms with Gasteiger partial charge in [0, 0.05) is 25.2 Å². The molecule has 28 heavy (non-hydrogen) atoms. The maximum atomic E-state index is 12.8. The zero-order valence-electron chi connectivity index (χ0n) is 16.9. The topological polar surface area (TPSA) is 75.3 Å². The zero-order valence-corrected chi connectivity index (χ0v) is 16.9. The van der Waals surface area contributed by atoms with Crippen LogP contribution < -0.4 is 10.3 Å². The number of rotatable bonds is 6. The van der Waals surface area contributed by atoms with Crippen LogP contribution in [-0.4, -0.2) is 41.0 Å². The number of benzene rings is 1. The van der Waals surface area contributed by atoms with Crippen molar-refractivity contribution in [3.05, 3.63) is 57.8 Å². The Kier molecular flexibility index (Phi) is 6.49. The van der Waals surface area contributed by atoms with E-state index in [1.165, 1.54) is 11.8 Å². The molecule has 3 rings (SSSR count). The van der Waals surface area contributed by atoms with Crippen LogP contribution in [0, 0.1) is 5.92 Å². The number of carbonyl (C=O) groups is 1. The van der Waals surface area contributed by atoms with Gasteiger partial charge in [-0.25, -0.2) is 4.98 Å². The number of likely N-dealkylation sites (tertiary alicyclic amines) is 1. The summed E-state index contributed by atoms with van der Waals surface area (Å²) in [6, 6.07) is 8.14. The third kappa shape index (κ3) is 4.80. The average Bonchev–Trinajstić information content (AvgIpc) is 2.72. The van der Waals surface area contributed by atoms with E-state index in [9.17, 15) is 9.59 Å². The molecule has 1 aromatic carbocycles. The van der Waals surface area contributed by atoms with Crippen LogP contribution in [0.4, 0.5) is 0 Å². The number of methoxy groups -OCH3 is 1. The maximum absolute atomic E-state index is 12.8. The Labute approximate surface area is 165 Å². The number of piperidine rings is 1. The van der Waals surface area contributed by atoms with Crippen LogP contribution in [0.15, 0.2) is 35.3 Å². The molecule has 0 saturated carbocycles. The molecule has 1 amide bonds. The summed E-state index contributed by atoms with van der Waals surface area (Å²) in [4.78, 5) is 34.0. The Balaban J connectivity index is 1.60. The minimum absolute atomic E-state index is 0.120. The van der Waals surface area contributed by atoms with E-state index in [0.717, 1.165) is 31.4 Å². The number of nitrogens with one attached hydrogen (secondary N) is 1. The van der Waals surface area contributed by atoms with Crippen molar-refractivity contribution in [3.63, 3.8) is 0 Å². The van der Waals surface area contributed by atoms with Gasteiger partial charge in [0.2, 0.25) is 0 Å².